The molecular weight excluding hydrogens is 1410 g/mol. The fourth-order valence-corrected chi connectivity index (χ4v) is 18.2. The van der Waals surface area contributed by atoms with Gasteiger partial charge in [0.05, 0.1) is 100 Å². The van der Waals surface area contributed by atoms with E-state index in [0.717, 1.165) is 212 Å². The summed E-state index contributed by atoms with van der Waals surface area (Å²) in [4.78, 5) is 99.7. The normalized spacial score (nSPS) is 24.5. The van der Waals surface area contributed by atoms with E-state index in [2.05, 4.69) is 68.5 Å². The molecule has 0 spiro atoms. The molecule has 8 rings (SSSR count). The van der Waals surface area contributed by atoms with Gasteiger partial charge in [-0.3, -0.25) is 38.4 Å². The molecular formula is C96H164O16. The third-order valence-corrected chi connectivity index (χ3v) is 26.7. The summed E-state index contributed by atoms with van der Waals surface area (Å²) in [6.07, 6.45) is 56.6. The zero-order valence-corrected chi connectivity index (χ0v) is 72.7. The van der Waals surface area contributed by atoms with Crippen molar-refractivity contribution in [1.29, 1.82) is 0 Å². The molecule has 644 valence electrons. The Balaban J connectivity index is 0.000000267. The summed E-state index contributed by atoms with van der Waals surface area (Å²) >= 11 is 0. The molecule has 8 saturated carbocycles. The van der Waals surface area contributed by atoms with Gasteiger partial charge in [-0.2, -0.15) is 0 Å². The maximum atomic E-state index is 12.6. The van der Waals surface area contributed by atoms with Crippen LogP contribution in [0.4, 0.5) is 0 Å². The first-order valence-electron chi connectivity index (χ1n) is 46.8. The van der Waals surface area contributed by atoms with Gasteiger partial charge in [-0.15, -0.1) is 0 Å². The minimum absolute atomic E-state index is 0.0491. The number of hydrogen-bond acceptors (Lipinski definition) is 16. The lowest BCUT2D eigenvalue weighted by Crippen LogP contribution is -2.34. The Morgan fingerprint density at radius 1 is 0.312 bits per heavy atom. The highest BCUT2D eigenvalue weighted by Crippen LogP contribution is 2.41. The summed E-state index contributed by atoms with van der Waals surface area (Å²) in [6, 6.07) is 0. The number of carbonyl (C=O) groups excluding carboxylic acids is 8. The first-order chi connectivity index (χ1) is 54.1. The van der Waals surface area contributed by atoms with E-state index in [9.17, 15) is 38.4 Å². The topological polar surface area (TPSA) is 210 Å². The predicted octanol–water partition coefficient (Wildman–Crippen LogP) is 24.1. The van der Waals surface area contributed by atoms with E-state index in [1.165, 1.54) is 127 Å². The van der Waals surface area contributed by atoms with Crippen molar-refractivity contribution in [2.45, 2.75) is 402 Å². The second-order valence-corrected chi connectivity index (χ2v) is 36.8. The summed E-state index contributed by atoms with van der Waals surface area (Å²) in [6.45, 7) is 29.9. The van der Waals surface area contributed by atoms with Gasteiger partial charge in [0.2, 0.25) is 0 Å². The predicted molar refractivity (Wildman–Crippen MR) is 447 cm³/mol. The maximum Gasteiger partial charge on any atom is 0.308 e. The average Bonchev–Trinajstić information content (AvgIpc) is 0.837. The zero-order valence-electron chi connectivity index (χ0n) is 72.7. The molecule has 0 amide bonds. The fraction of sp³-hybridized carbons (Fsp3) is 0.875. The molecule has 8 unspecified atom stereocenters. The quantitative estimate of drug-likeness (QED) is 0.0241. The lowest BCUT2D eigenvalue weighted by molar-refractivity contribution is -0.160. The van der Waals surface area contributed by atoms with Gasteiger partial charge >= 0.3 is 47.8 Å². The Morgan fingerprint density at radius 3 is 0.893 bits per heavy atom. The minimum Gasteiger partial charge on any atom is -0.465 e. The van der Waals surface area contributed by atoms with Crippen LogP contribution in [0, 0.1) is 81.8 Å². The number of unbranched alkanes of at least 4 members (excludes halogenated alkanes) is 12. The van der Waals surface area contributed by atoms with Crippen molar-refractivity contribution < 1.29 is 76.3 Å². The highest BCUT2D eigenvalue weighted by atomic mass is 16.6. The van der Waals surface area contributed by atoms with Crippen molar-refractivity contribution in [3.63, 3.8) is 0 Å². The molecule has 0 aromatic rings. The molecule has 8 fully saturated rings. The molecule has 0 aliphatic heterocycles. The van der Waals surface area contributed by atoms with Crippen molar-refractivity contribution in [2.75, 3.05) is 52.9 Å². The Morgan fingerprint density at radius 2 is 0.589 bits per heavy atom. The lowest BCUT2D eigenvalue weighted by atomic mass is 9.76. The number of esters is 8. The van der Waals surface area contributed by atoms with Crippen LogP contribution in [0.1, 0.15) is 402 Å². The third kappa shape index (κ3) is 39.9. The lowest BCUT2D eigenvalue weighted by Gasteiger charge is -2.35. The Hall–Kier alpha value is -4.76. The molecule has 0 radical (unpaired) electrons. The van der Waals surface area contributed by atoms with Gasteiger partial charge in [0.1, 0.15) is 0 Å². The number of rotatable bonds is 42. The van der Waals surface area contributed by atoms with Gasteiger partial charge in [-0.1, -0.05) is 240 Å². The summed E-state index contributed by atoms with van der Waals surface area (Å²) in [7, 11) is 0. The first kappa shape index (κ1) is 97.8. The van der Waals surface area contributed by atoms with E-state index in [4.69, 9.17) is 37.9 Å². The number of allylic oxidation sites excluding steroid dienone is 2. The van der Waals surface area contributed by atoms with E-state index < -0.39 is 0 Å². The Labute approximate surface area is 681 Å². The van der Waals surface area contributed by atoms with Crippen LogP contribution < -0.4 is 0 Å². The third-order valence-electron chi connectivity index (χ3n) is 26.7. The van der Waals surface area contributed by atoms with E-state index in [-0.39, 0.29) is 106 Å². The van der Waals surface area contributed by atoms with Crippen molar-refractivity contribution in [1.82, 2.24) is 0 Å². The molecule has 0 N–H and O–H groups in total. The second-order valence-electron chi connectivity index (χ2n) is 36.8. The second kappa shape index (κ2) is 57.3. The molecule has 0 bridgehead atoms. The molecule has 112 heavy (non-hydrogen) atoms. The van der Waals surface area contributed by atoms with Crippen LogP contribution in [0.15, 0.2) is 24.3 Å². The van der Waals surface area contributed by atoms with Crippen LogP contribution in [0.3, 0.4) is 0 Å². The smallest absolute Gasteiger partial charge is 0.308 e. The van der Waals surface area contributed by atoms with Crippen LogP contribution in [-0.4, -0.2) is 101 Å². The van der Waals surface area contributed by atoms with E-state index in [1.807, 2.05) is 0 Å². The molecule has 0 heterocycles. The number of hydrogen-bond donors (Lipinski definition) is 0. The van der Waals surface area contributed by atoms with Crippen LogP contribution >= 0.6 is 0 Å². The van der Waals surface area contributed by atoms with E-state index in [1.54, 1.807) is 0 Å². The standard InChI is InChI=1S/C24H36O4.C24H40O4.2C24H44O4/c1-17-3-7-19(8-4-17)15-27-23(25)21-11-13-22(14-12-21)24(26)28-16-20-9-5-18(2)6-10-20;1-23(12-5-3-6-13-23)17-27-21(25)19-10-9-11-20(16-19)22(26)28-18-24(2)14-7-4-8-15-24;1-5-9-12-19(7-3)17-27-23(25)21-14-11-15-22(16-21)24(26)28-18-20(8-4)13-10-6-2;1-3-5-7-9-11-13-18-27-23(25)21-16-15-17-22(20-21)24(26)28-19-14-12-10-8-6-4-2/h19-22H,1-16H2;19-20H,3-18H2,1-2H3;19-22H,5-18H2,1-4H3;21-22H,3-20H2,1-2H3. The number of ether oxygens (including phenoxy) is 8. The molecule has 0 aromatic heterocycles. The van der Waals surface area contributed by atoms with Gasteiger partial charge in [0.15, 0.2) is 0 Å². The summed E-state index contributed by atoms with van der Waals surface area (Å²) in [5.41, 5.74) is 2.94. The molecule has 8 aliphatic rings. The van der Waals surface area contributed by atoms with Crippen molar-refractivity contribution >= 4 is 47.8 Å². The van der Waals surface area contributed by atoms with Crippen LogP contribution in [0.2, 0.25) is 0 Å². The van der Waals surface area contributed by atoms with Crippen LogP contribution in [0.25, 0.3) is 0 Å². The maximum absolute atomic E-state index is 12.6. The molecule has 0 saturated heterocycles. The highest BCUT2D eigenvalue weighted by molar-refractivity contribution is 5.78. The van der Waals surface area contributed by atoms with Crippen LogP contribution in [0.5, 0.6) is 0 Å². The van der Waals surface area contributed by atoms with Crippen molar-refractivity contribution in [3.8, 4) is 0 Å². The summed E-state index contributed by atoms with van der Waals surface area (Å²) in [5, 5.41) is 0. The average molecular weight is 1570 g/mol. The number of carbonyl (C=O) groups is 8. The van der Waals surface area contributed by atoms with Gasteiger partial charge in [0, 0.05) is 10.8 Å². The molecule has 16 nitrogen and oxygen atoms in total. The Bertz CT molecular complexity index is 2470. The highest BCUT2D eigenvalue weighted by Gasteiger charge is 2.39. The monoisotopic (exact) mass is 1570 g/mol. The Kier molecular flexibility index (Phi) is 50.1. The van der Waals surface area contributed by atoms with Crippen molar-refractivity contribution in [2.24, 2.45) is 81.8 Å². The van der Waals surface area contributed by atoms with Gasteiger partial charge < -0.3 is 37.9 Å². The first-order valence-corrected chi connectivity index (χ1v) is 46.8. The SMILES string of the molecule is C=C1CCC(COC(=O)C2CCC(C(=O)OCC3CCC(=C)CC3)CC2)CC1.CC1(COC(=O)C2CCCC(C(=O)OCC3(C)CCCCC3)C2)CCCCC1.CCCCC(CC)COC(=O)C1CCCC(C(=O)OCC(CC)CCCC)C1.CCCCCCCCOC(=O)C1CCCC(C(=O)OCCCCCCCC)C1. The van der Waals surface area contributed by atoms with E-state index in [0.29, 0.717) is 95.8 Å². The molecule has 8 aliphatic carbocycles. The fourth-order valence-electron chi connectivity index (χ4n) is 18.2. The molecule has 16 heteroatoms. The summed E-state index contributed by atoms with van der Waals surface area (Å²) < 4.78 is 44.9. The summed E-state index contributed by atoms with van der Waals surface area (Å²) in [5.74, 6) is 0.221. The van der Waals surface area contributed by atoms with E-state index >= 15 is 0 Å². The van der Waals surface area contributed by atoms with Crippen molar-refractivity contribution in [3.05, 3.63) is 24.3 Å². The zero-order chi connectivity index (χ0) is 81.2. The molecule has 0 aromatic carbocycles. The molecule has 8 atom stereocenters. The van der Waals surface area contributed by atoms with Gasteiger partial charge in [-0.05, 0) is 210 Å². The van der Waals surface area contributed by atoms with Crippen LogP contribution in [-0.2, 0) is 76.3 Å². The van der Waals surface area contributed by atoms with Gasteiger partial charge in [0.25, 0.3) is 0 Å². The minimum atomic E-state index is -0.142. The van der Waals surface area contributed by atoms with Gasteiger partial charge in [-0.25, -0.2) is 0 Å². The largest absolute Gasteiger partial charge is 0.465 e.